The zero-order chi connectivity index (χ0) is 14.5. The Labute approximate surface area is 116 Å². The number of hydrogen-bond donors (Lipinski definition) is 2. The molecule has 1 fully saturated rings. The Morgan fingerprint density at radius 2 is 2.05 bits per heavy atom. The van der Waals surface area contributed by atoms with Crippen molar-refractivity contribution in [3.63, 3.8) is 0 Å². The van der Waals surface area contributed by atoms with Gasteiger partial charge in [-0.3, -0.25) is 4.79 Å². The highest BCUT2D eigenvalue weighted by Gasteiger charge is 2.41. The number of benzene rings is 1. The van der Waals surface area contributed by atoms with Crippen molar-refractivity contribution < 1.29 is 29.2 Å². The molecule has 1 aromatic rings. The summed E-state index contributed by atoms with van der Waals surface area (Å²) in [5.74, 6) is -0.545. The first-order valence-electron chi connectivity index (χ1n) is 6.38. The number of hydrogen-bond acceptors (Lipinski definition) is 6. The van der Waals surface area contributed by atoms with Crippen molar-refractivity contribution in [1.82, 2.24) is 0 Å². The first-order valence-corrected chi connectivity index (χ1v) is 6.38. The van der Waals surface area contributed by atoms with Crippen molar-refractivity contribution in [2.24, 2.45) is 0 Å². The van der Waals surface area contributed by atoms with Gasteiger partial charge in [0.2, 0.25) is 0 Å². The van der Waals surface area contributed by atoms with Crippen LogP contribution < -0.4 is 0 Å². The zero-order valence-electron chi connectivity index (χ0n) is 11.1. The molecule has 2 N–H and O–H groups in total. The van der Waals surface area contributed by atoms with E-state index in [9.17, 15) is 15.0 Å². The minimum Gasteiger partial charge on any atom is -0.457 e. The van der Waals surface area contributed by atoms with Crippen LogP contribution in [0, 0.1) is 0 Å². The molecule has 0 amide bonds. The fourth-order valence-electron chi connectivity index (χ4n) is 2.03. The van der Waals surface area contributed by atoms with E-state index in [0.717, 1.165) is 5.56 Å². The van der Waals surface area contributed by atoms with Crippen molar-refractivity contribution >= 4 is 5.97 Å². The summed E-state index contributed by atoms with van der Waals surface area (Å²) in [5.41, 5.74) is 0.953. The molecular weight excluding hydrogens is 264 g/mol. The lowest BCUT2D eigenvalue weighted by molar-refractivity contribution is -0.266. The number of carbonyl (C=O) groups excluding carboxylic acids is 1. The lowest BCUT2D eigenvalue weighted by Crippen LogP contribution is -2.55. The lowest BCUT2D eigenvalue weighted by Gasteiger charge is -2.37. The second-order valence-electron chi connectivity index (χ2n) is 4.62. The van der Waals surface area contributed by atoms with Gasteiger partial charge in [0.25, 0.3) is 0 Å². The maximum Gasteiger partial charge on any atom is 0.303 e. The standard InChI is InChI=1S/C14H18O6/c1-9(15)20-13-11(8-19-14(17)12(13)16)18-7-10-5-3-2-4-6-10/h2-6,11-14,16-17H,7-8H2,1H3/t11-,12-,13+,14-/m1/s1. The SMILES string of the molecule is CC(=O)O[C@@H]1[C@@H](O)[C@H](O)OC[C@H]1OCc1ccccc1. The number of esters is 1. The Bertz CT molecular complexity index is 435. The van der Waals surface area contributed by atoms with Gasteiger partial charge in [0.1, 0.15) is 12.2 Å². The fourth-order valence-corrected chi connectivity index (χ4v) is 2.03. The van der Waals surface area contributed by atoms with Crippen LogP contribution in [0.3, 0.4) is 0 Å². The highest BCUT2D eigenvalue weighted by molar-refractivity contribution is 5.66. The molecule has 110 valence electrons. The third-order valence-electron chi connectivity index (χ3n) is 3.04. The van der Waals surface area contributed by atoms with Gasteiger partial charge < -0.3 is 24.4 Å². The van der Waals surface area contributed by atoms with E-state index in [1.165, 1.54) is 6.92 Å². The molecule has 0 aromatic heterocycles. The summed E-state index contributed by atoms with van der Waals surface area (Å²) >= 11 is 0. The molecule has 0 unspecified atom stereocenters. The lowest BCUT2D eigenvalue weighted by atomic mass is 10.0. The molecule has 0 radical (unpaired) electrons. The van der Waals surface area contributed by atoms with Crippen LogP contribution >= 0.6 is 0 Å². The van der Waals surface area contributed by atoms with E-state index in [2.05, 4.69) is 0 Å². The molecule has 0 bridgehead atoms. The topological polar surface area (TPSA) is 85.2 Å². The van der Waals surface area contributed by atoms with E-state index in [-0.39, 0.29) is 6.61 Å². The Morgan fingerprint density at radius 3 is 2.70 bits per heavy atom. The van der Waals surface area contributed by atoms with Crippen LogP contribution in [-0.2, 0) is 25.6 Å². The minimum absolute atomic E-state index is 0.0446. The van der Waals surface area contributed by atoms with Crippen LogP contribution in [0.1, 0.15) is 12.5 Å². The molecule has 20 heavy (non-hydrogen) atoms. The van der Waals surface area contributed by atoms with Crippen molar-refractivity contribution in [2.45, 2.75) is 38.1 Å². The summed E-state index contributed by atoms with van der Waals surface area (Å²) in [4.78, 5) is 11.1. The molecule has 6 heteroatoms. The summed E-state index contributed by atoms with van der Waals surface area (Å²) < 4.78 is 15.6. The number of ether oxygens (including phenoxy) is 3. The van der Waals surface area contributed by atoms with Gasteiger partial charge >= 0.3 is 5.97 Å². The smallest absolute Gasteiger partial charge is 0.303 e. The van der Waals surface area contributed by atoms with Gasteiger partial charge in [0.15, 0.2) is 12.4 Å². The van der Waals surface area contributed by atoms with Crippen LogP contribution in [0.15, 0.2) is 30.3 Å². The zero-order valence-corrected chi connectivity index (χ0v) is 11.1. The summed E-state index contributed by atoms with van der Waals surface area (Å²) in [5, 5.41) is 19.3. The van der Waals surface area contributed by atoms with Crippen LogP contribution in [0.5, 0.6) is 0 Å². The molecule has 1 aromatic carbocycles. The van der Waals surface area contributed by atoms with Gasteiger partial charge in [-0.25, -0.2) is 0 Å². The predicted molar refractivity (Wildman–Crippen MR) is 68.5 cm³/mol. The van der Waals surface area contributed by atoms with Gasteiger partial charge in [-0.1, -0.05) is 30.3 Å². The average Bonchev–Trinajstić information content (AvgIpc) is 2.44. The number of aliphatic hydroxyl groups excluding tert-OH is 2. The molecular formula is C14H18O6. The molecule has 1 heterocycles. The Kier molecular flexibility index (Phi) is 5.08. The van der Waals surface area contributed by atoms with E-state index in [0.29, 0.717) is 6.61 Å². The summed E-state index contributed by atoms with van der Waals surface area (Å²) in [6.45, 7) is 1.58. The Morgan fingerprint density at radius 1 is 1.35 bits per heavy atom. The second-order valence-corrected chi connectivity index (χ2v) is 4.62. The highest BCUT2D eigenvalue weighted by atomic mass is 16.7. The van der Waals surface area contributed by atoms with Crippen LogP contribution in [0.4, 0.5) is 0 Å². The third-order valence-corrected chi connectivity index (χ3v) is 3.04. The largest absolute Gasteiger partial charge is 0.457 e. The fraction of sp³-hybridized carbons (Fsp3) is 0.500. The van der Waals surface area contributed by atoms with E-state index < -0.39 is 30.6 Å². The van der Waals surface area contributed by atoms with Gasteiger partial charge in [0.05, 0.1) is 13.2 Å². The van der Waals surface area contributed by atoms with Gasteiger partial charge in [-0.05, 0) is 5.56 Å². The first kappa shape index (κ1) is 14.9. The molecule has 1 aliphatic heterocycles. The second kappa shape index (κ2) is 6.81. The Hall–Kier alpha value is -1.47. The number of rotatable bonds is 4. The van der Waals surface area contributed by atoms with E-state index in [4.69, 9.17) is 14.2 Å². The van der Waals surface area contributed by atoms with Crippen molar-refractivity contribution in [2.75, 3.05) is 6.61 Å². The molecule has 6 nitrogen and oxygen atoms in total. The predicted octanol–water partition coefficient (Wildman–Crippen LogP) is 0.213. The van der Waals surface area contributed by atoms with E-state index in [1.807, 2.05) is 30.3 Å². The normalized spacial score (nSPS) is 29.9. The number of carbonyl (C=O) groups is 1. The van der Waals surface area contributed by atoms with Crippen molar-refractivity contribution in [3.05, 3.63) is 35.9 Å². The Balaban J connectivity index is 1.98. The maximum absolute atomic E-state index is 11.1. The summed E-state index contributed by atoms with van der Waals surface area (Å²) in [7, 11) is 0. The molecule has 2 rings (SSSR count). The van der Waals surface area contributed by atoms with Crippen molar-refractivity contribution in [1.29, 1.82) is 0 Å². The van der Waals surface area contributed by atoms with E-state index in [1.54, 1.807) is 0 Å². The molecule has 1 aliphatic rings. The first-order chi connectivity index (χ1) is 9.58. The van der Waals surface area contributed by atoms with E-state index >= 15 is 0 Å². The molecule has 0 saturated carbocycles. The van der Waals surface area contributed by atoms with Gasteiger partial charge in [-0.15, -0.1) is 0 Å². The van der Waals surface area contributed by atoms with Crippen LogP contribution in [0.2, 0.25) is 0 Å². The minimum atomic E-state index is -1.38. The molecule has 0 aliphatic carbocycles. The third kappa shape index (κ3) is 3.77. The molecule has 4 atom stereocenters. The summed E-state index contributed by atoms with van der Waals surface area (Å²) in [6.07, 6.45) is -4.28. The monoisotopic (exact) mass is 282 g/mol. The van der Waals surface area contributed by atoms with Crippen molar-refractivity contribution in [3.8, 4) is 0 Å². The van der Waals surface area contributed by atoms with Crippen LogP contribution in [-0.4, -0.2) is 47.4 Å². The van der Waals surface area contributed by atoms with Crippen LogP contribution in [0.25, 0.3) is 0 Å². The number of aliphatic hydroxyl groups is 2. The average molecular weight is 282 g/mol. The molecule has 1 saturated heterocycles. The summed E-state index contributed by atoms with van der Waals surface area (Å²) in [6, 6.07) is 9.47. The molecule has 0 spiro atoms. The van der Waals surface area contributed by atoms with Gasteiger partial charge in [0, 0.05) is 6.92 Å². The highest BCUT2D eigenvalue weighted by Crippen LogP contribution is 2.21. The van der Waals surface area contributed by atoms with Gasteiger partial charge in [-0.2, -0.15) is 0 Å². The quantitative estimate of drug-likeness (QED) is 0.768. The maximum atomic E-state index is 11.1.